The monoisotopic (exact) mass is 626 g/mol. The van der Waals surface area contributed by atoms with Crippen LogP contribution in [-0.2, 0) is 25.7 Å². The molecule has 0 spiro atoms. The van der Waals surface area contributed by atoms with Crippen molar-refractivity contribution >= 4 is 0 Å². The number of benzene rings is 4. The molecule has 2 heterocycles. The van der Waals surface area contributed by atoms with Gasteiger partial charge in [-0.15, -0.1) is 0 Å². The molecule has 242 valence electrons. The van der Waals surface area contributed by atoms with Crippen molar-refractivity contribution in [3.05, 3.63) is 94.0 Å². The second kappa shape index (κ2) is 13.0. The van der Waals surface area contributed by atoms with Crippen LogP contribution in [-0.4, -0.2) is 73.6 Å². The van der Waals surface area contributed by atoms with Crippen molar-refractivity contribution in [1.82, 2.24) is 9.80 Å². The molecule has 46 heavy (non-hydrogen) atoms. The Morgan fingerprint density at radius 3 is 1.70 bits per heavy atom. The molecule has 0 saturated heterocycles. The molecule has 9 nitrogen and oxygen atoms in total. The summed E-state index contributed by atoms with van der Waals surface area (Å²) >= 11 is 0. The molecule has 2 aliphatic heterocycles. The first-order valence-electron chi connectivity index (χ1n) is 15.6. The number of ether oxygens (including phenoxy) is 4. The zero-order valence-corrected chi connectivity index (χ0v) is 27.0. The second-order valence-corrected chi connectivity index (χ2v) is 12.2. The van der Waals surface area contributed by atoms with Crippen LogP contribution in [0.4, 0.5) is 0 Å². The fourth-order valence-corrected chi connectivity index (χ4v) is 6.81. The average Bonchev–Trinajstić information content (AvgIpc) is 3.06. The molecule has 0 unspecified atom stereocenters. The Hall–Kier alpha value is -4.60. The minimum atomic E-state index is -0.0574. The first kappa shape index (κ1) is 31.4. The molecule has 2 atom stereocenters. The first-order chi connectivity index (χ1) is 22.2. The zero-order valence-electron chi connectivity index (χ0n) is 27.0. The lowest BCUT2D eigenvalue weighted by atomic mass is 9.88. The molecule has 2 aliphatic rings. The molecule has 0 radical (unpaired) electrons. The van der Waals surface area contributed by atoms with Gasteiger partial charge in [0.15, 0.2) is 34.5 Å². The Morgan fingerprint density at radius 2 is 1.17 bits per heavy atom. The number of aromatic hydroxyl groups is 3. The van der Waals surface area contributed by atoms with Crippen LogP contribution in [0.25, 0.3) is 0 Å². The van der Waals surface area contributed by atoms with E-state index >= 15 is 0 Å². The van der Waals surface area contributed by atoms with Crippen molar-refractivity contribution in [3.8, 4) is 46.0 Å². The quantitative estimate of drug-likeness (QED) is 0.201. The van der Waals surface area contributed by atoms with Gasteiger partial charge in [-0.05, 0) is 116 Å². The number of phenols is 3. The summed E-state index contributed by atoms with van der Waals surface area (Å²) in [5.74, 6) is 2.51. The summed E-state index contributed by atoms with van der Waals surface area (Å²) < 4.78 is 22.5. The number of fused-ring (bicyclic) bond motifs is 2. The molecule has 0 fully saturated rings. The van der Waals surface area contributed by atoms with Gasteiger partial charge < -0.3 is 34.3 Å². The number of rotatable bonds is 9. The maximum atomic E-state index is 11.5. The summed E-state index contributed by atoms with van der Waals surface area (Å²) in [6.45, 7) is 1.76. The number of hydrogen-bond acceptors (Lipinski definition) is 9. The maximum absolute atomic E-state index is 11.5. The van der Waals surface area contributed by atoms with Crippen LogP contribution in [0, 0.1) is 0 Å². The van der Waals surface area contributed by atoms with Crippen LogP contribution in [0.2, 0.25) is 0 Å². The molecule has 0 aliphatic carbocycles. The summed E-state index contributed by atoms with van der Waals surface area (Å²) in [5, 5.41) is 32.5. The Kier molecular flexibility index (Phi) is 8.88. The van der Waals surface area contributed by atoms with Crippen LogP contribution < -0.4 is 18.9 Å². The van der Waals surface area contributed by atoms with E-state index in [1.54, 1.807) is 27.4 Å². The summed E-state index contributed by atoms with van der Waals surface area (Å²) in [7, 11) is 8.84. The highest BCUT2D eigenvalue weighted by atomic mass is 16.5. The third-order valence-electron chi connectivity index (χ3n) is 9.52. The minimum absolute atomic E-state index is 0.0253. The number of nitrogens with zero attached hydrogens (tertiary/aromatic N) is 2. The van der Waals surface area contributed by atoms with Crippen molar-refractivity contribution in [1.29, 1.82) is 0 Å². The summed E-state index contributed by atoms with van der Waals surface area (Å²) in [5.41, 5.74) is 6.28. The molecular weight excluding hydrogens is 584 g/mol. The van der Waals surface area contributed by atoms with Gasteiger partial charge in [-0.25, -0.2) is 0 Å². The Bertz CT molecular complexity index is 1720. The lowest BCUT2D eigenvalue weighted by Gasteiger charge is -2.35. The topological polar surface area (TPSA) is 104 Å². The van der Waals surface area contributed by atoms with Gasteiger partial charge in [0.1, 0.15) is 5.75 Å². The Morgan fingerprint density at radius 1 is 0.652 bits per heavy atom. The number of methoxy groups -OCH3 is 3. The molecular formula is C37H42N2O7. The number of likely N-dealkylation sites (N-methyl/N-ethyl adjacent to an activating group) is 2. The van der Waals surface area contributed by atoms with Gasteiger partial charge in [0.25, 0.3) is 0 Å². The normalized spacial score (nSPS) is 18.0. The number of hydrogen-bond donors (Lipinski definition) is 3. The van der Waals surface area contributed by atoms with Gasteiger partial charge in [0.2, 0.25) is 5.75 Å². The van der Waals surface area contributed by atoms with Crippen molar-refractivity contribution in [2.45, 2.75) is 37.8 Å². The van der Waals surface area contributed by atoms with Gasteiger partial charge in [-0.2, -0.15) is 0 Å². The molecule has 0 bridgehead atoms. The number of phenolic OH excluding ortho intramolecular Hbond substituents is 3. The van der Waals surface area contributed by atoms with E-state index in [1.807, 2.05) is 54.6 Å². The van der Waals surface area contributed by atoms with Crippen LogP contribution in [0.15, 0.2) is 60.7 Å². The van der Waals surface area contributed by atoms with E-state index in [0.29, 0.717) is 35.0 Å². The first-order valence-corrected chi connectivity index (χ1v) is 15.6. The molecule has 3 N–H and O–H groups in total. The Balaban J connectivity index is 1.22. The fourth-order valence-electron chi connectivity index (χ4n) is 6.81. The van der Waals surface area contributed by atoms with Crippen LogP contribution in [0.1, 0.15) is 45.5 Å². The predicted octanol–water partition coefficient (Wildman–Crippen LogP) is 6.16. The molecule has 6 rings (SSSR count). The second-order valence-electron chi connectivity index (χ2n) is 12.2. The van der Waals surface area contributed by atoms with E-state index < -0.39 is 0 Å². The molecule has 0 amide bonds. The van der Waals surface area contributed by atoms with E-state index in [-0.39, 0.29) is 35.1 Å². The van der Waals surface area contributed by atoms with Gasteiger partial charge >= 0.3 is 0 Å². The van der Waals surface area contributed by atoms with Crippen molar-refractivity contribution < 1.29 is 34.3 Å². The van der Waals surface area contributed by atoms with Gasteiger partial charge in [-0.1, -0.05) is 18.2 Å². The van der Waals surface area contributed by atoms with Crippen molar-refractivity contribution in [2.75, 3.05) is 48.5 Å². The zero-order chi connectivity index (χ0) is 32.5. The van der Waals surface area contributed by atoms with E-state index in [4.69, 9.17) is 18.9 Å². The molecule has 0 aromatic heterocycles. The predicted molar refractivity (Wildman–Crippen MR) is 176 cm³/mol. The van der Waals surface area contributed by atoms with E-state index in [1.165, 1.54) is 5.56 Å². The van der Waals surface area contributed by atoms with Gasteiger partial charge in [-0.3, -0.25) is 9.80 Å². The highest BCUT2D eigenvalue weighted by molar-refractivity contribution is 5.57. The Labute approximate surface area is 270 Å². The van der Waals surface area contributed by atoms with Gasteiger partial charge in [0.05, 0.1) is 21.3 Å². The van der Waals surface area contributed by atoms with E-state index in [2.05, 4.69) is 23.9 Å². The lowest BCUT2D eigenvalue weighted by molar-refractivity contribution is 0.226. The average molecular weight is 627 g/mol. The van der Waals surface area contributed by atoms with Crippen molar-refractivity contribution in [2.24, 2.45) is 0 Å². The third kappa shape index (κ3) is 6.00. The standard InChI is InChI=1S/C37H42N2O7/c1-38-14-12-23-18-34(44-4)31(40)20-27(23)29(38)16-22-6-9-26(10-7-22)46-37-33(43-3)11-8-25(36(37)42)17-30-28-21-32(41)35(45-5)19-24(28)13-15-39(30)2/h6-11,18-21,29-30,40-42H,12-17H2,1-5H3/t29-,30-/m0/s1. The third-order valence-corrected chi connectivity index (χ3v) is 9.52. The minimum Gasteiger partial charge on any atom is -0.504 e. The van der Waals surface area contributed by atoms with Gasteiger partial charge in [0, 0.05) is 25.2 Å². The van der Waals surface area contributed by atoms with Crippen LogP contribution in [0.5, 0.6) is 46.0 Å². The smallest absolute Gasteiger partial charge is 0.211 e. The fraction of sp³-hybridized carbons (Fsp3) is 0.351. The summed E-state index contributed by atoms with van der Waals surface area (Å²) in [6, 6.07) is 19.0. The highest BCUT2D eigenvalue weighted by Crippen LogP contribution is 2.45. The van der Waals surface area contributed by atoms with E-state index in [9.17, 15) is 15.3 Å². The van der Waals surface area contributed by atoms with E-state index in [0.717, 1.165) is 54.6 Å². The molecule has 4 aromatic rings. The van der Waals surface area contributed by atoms with Crippen LogP contribution in [0.3, 0.4) is 0 Å². The van der Waals surface area contributed by atoms with Crippen molar-refractivity contribution in [3.63, 3.8) is 0 Å². The maximum Gasteiger partial charge on any atom is 0.211 e. The summed E-state index contributed by atoms with van der Waals surface area (Å²) in [4.78, 5) is 4.55. The largest absolute Gasteiger partial charge is 0.504 e. The van der Waals surface area contributed by atoms with Crippen LogP contribution >= 0.6 is 0 Å². The highest BCUT2D eigenvalue weighted by Gasteiger charge is 2.29. The summed E-state index contributed by atoms with van der Waals surface area (Å²) in [6.07, 6.45) is 3.02. The molecule has 9 heteroatoms. The molecule has 4 aromatic carbocycles. The lowest BCUT2D eigenvalue weighted by Crippen LogP contribution is -2.33. The SMILES string of the molecule is COc1cc2c(cc1O)[C@H](Cc1ccc(Oc3c(OC)ccc(C[C@H]4c5cc(O)c(OC)cc5CCN4C)c3O)cc1)N(C)CC2. The molecule has 0 saturated carbocycles.